The summed E-state index contributed by atoms with van der Waals surface area (Å²) in [7, 11) is 0. The Balaban J connectivity index is 1.90. The molecule has 1 aromatic heterocycles. The lowest BCUT2D eigenvalue weighted by atomic mass is 9.82. The third-order valence-corrected chi connectivity index (χ3v) is 4.47. The molecule has 2 amide bonds. The number of carbonyl (C=O) groups is 2. The van der Waals surface area contributed by atoms with Crippen LogP contribution in [0.1, 0.15) is 42.0 Å². The molecule has 0 aromatic carbocycles. The number of thiazole rings is 1. The summed E-state index contributed by atoms with van der Waals surface area (Å²) in [6.45, 7) is 2.27. The molecular formula is C13H19N3O3S. The minimum absolute atomic E-state index is 0.368. The van der Waals surface area contributed by atoms with Crippen LogP contribution in [-0.2, 0) is 11.3 Å². The van der Waals surface area contributed by atoms with Gasteiger partial charge in [0.25, 0.3) is 0 Å². The van der Waals surface area contributed by atoms with Gasteiger partial charge in [-0.1, -0.05) is 19.3 Å². The van der Waals surface area contributed by atoms with Crippen LogP contribution < -0.4 is 10.6 Å². The van der Waals surface area contributed by atoms with Crippen LogP contribution in [0.15, 0.2) is 6.20 Å². The van der Waals surface area contributed by atoms with Crippen molar-refractivity contribution in [3.63, 3.8) is 0 Å². The first-order valence-corrected chi connectivity index (χ1v) is 7.54. The Hall–Kier alpha value is -1.63. The minimum Gasteiger partial charge on any atom is -0.480 e. The second kappa shape index (κ2) is 6.21. The monoisotopic (exact) mass is 297 g/mol. The summed E-state index contributed by atoms with van der Waals surface area (Å²) in [6, 6.07) is -0.430. The van der Waals surface area contributed by atoms with Gasteiger partial charge in [-0.15, -0.1) is 11.3 Å². The van der Waals surface area contributed by atoms with Gasteiger partial charge in [0.05, 0.1) is 11.6 Å². The topological polar surface area (TPSA) is 91.3 Å². The van der Waals surface area contributed by atoms with E-state index in [1.165, 1.54) is 11.3 Å². The average Bonchev–Trinajstić information content (AvgIpc) is 2.83. The zero-order valence-electron chi connectivity index (χ0n) is 11.4. The zero-order valence-corrected chi connectivity index (χ0v) is 12.3. The fourth-order valence-electron chi connectivity index (χ4n) is 2.46. The maximum atomic E-state index is 11.9. The standard InChI is InChI=1S/C13H19N3O3S/c1-9-14-7-10(20-9)8-15-12(19)16-13(11(17)18)5-3-2-4-6-13/h7H,2-6,8H2,1H3,(H,17,18)(H2,15,16,19). The predicted octanol–water partition coefficient (Wildman–Crippen LogP) is 2.04. The van der Waals surface area contributed by atoms with Crippen molar-refractivity contribution in [2.45, 2.75) is 51.1 Å². The third-order valence-electron chi connectivity index (χ3n) is 3.56. The summed E-state index contributed by atoms with van der Waals surface area (Å²) in [6.07, 6.45) is 5.40. The number of amides is 2. The average molecular weight is 297 g/mol. The van der Waals surface area contributed by atoms with Crippen molar-refractivity contribution in [1.29, 1.82) is 0 Å². The number of aliphatic carboxylic acids is 1. The smallest absolute Gasteiger partial charge is 0.329 e. The van der Waals surface area contributed by atoms with Crippen molar-refractivity contribution in [2.24, 2.45) is 0 Å². The van der Waals surface area contributed by atoms with Gasteiger partial charge in [-0.2, -0.15) is 0 Å². The second-order valence-corrected chi connectivity index (χ2v) is 6.42. The lowest BCUT2D eigenvalue weighted by molar-refractivity contribution is -0.145. The number of nitrogens with one attached hydrogen (secondary N) is 2. The molecule has 110 valence electrons. The van der Waals surface area contributed by atoms with E-state index < -0.39 is 17.5 Å². The predicted molar refractivity (Wildman–Crippen MR) is 75.7 cm³/mol. The highest BCUT2D eigenvalue weighted by Crippen LogP contribution is 2.28. The summed E-state index contributed by atoms with van der Waals surface area (Å²) in [5.41, 5.74) is -1.11. The van der Waals surface area contributed by atoms with Crippen molar-refractivity contribution in [3.05, 3.63) is 16.1 Å². The Morgan fingerprint density at radius 2 is 2.10 bits per heavy atom. The minimum atomic E-state index is -1.11. The van der Waals surface area contributed by atoms with E-state index in [2.05, 4.69) is 15.6 Å². The first-order valence-electron chi connectivity index (χ1n) is 6.72. The third kappa shape index (κ3) is 3.47. The molecule has 0 radical (unpaired) electrons. The van der Waals surface area contributed by atoms with Gasteiger partial charge in [-0.25, -0.2) is 14.6 Å². The van der Waals surface area contributed by atoms with E-state index in [-0.39, 0.29) is 0 Å². The lowest BCUT2D eigenvalue weighted by Crippen LogP contribution is -2.57. The quantitative estimate of drug-likeness (QED) is 0.793. The number of urea groups is 1. The van der Waals surface area contributed by atoms with Crippen LogP contribution in [0.2, 0.25) is 0 Å². The van der Waals surface area contributed by atoms with Gasteiger partial charge in [0.15, 0.2) is 0 Å². The van der Waals surface area contributed by atoms with Crippen molar-refractivity contribution < 1.29 is 14.7 Å². The van der Waals surface area contributed by atoms with Crippen molar-refractivity contribution in [2.75, 3.05) is 0 Å². The molecule has 1 aromatic rings. The molecule has 0 spiro atoms. The van der Waals surface area contributed by atoms with Crippen molar-refractivity contribution in [3.8, 4) is 0 Å². The maximum Gasteiger partial charge on any atom is 0.329 e. The van der Waals surface area contributed by atoms with Crippen molar-refractivity contribution in [1.82, 2.24) is 15.6 Å². The Morgan fingerprint density at radius 3 is 2.65 bits per heavy atom. The molecule has 6 nitrogen and oxygen atoms in total. The highest BCUT2D eigenvalue weighted by molar-refractivity contribution is 7.11. The highest BCUT2D eigenvalue weighted by Gasteiger charge is 2.40. The normalized spacial score (nSPS) is 17.4. The molecule has 0 atom stereocenters. The van der Waals surface area contributed by atoms with Crippen LogP contribution >= 0.6 is 11.3 Å². The summed E-state index contributed by atoms with van der Waals surface area (Å²) >= 11 is 1.51. The van der Waals surface area contributed by atoms with Gasteiger partial charge in [-0.05, 0) is 19.8 Å². The summed E-state index contributed by atoms with van der Waals surface area (Å²) in [4.78, 5) is 28.4. The molecule has 2 rings (SSSR count). The first kappa shape index (κ1) is 14.8. The molecule has 3 N–H and O–H groups in total. The zero-order chi connectivity index (χ0) is 14.6. The van der Waals surface area contributed by atoms with Crippen LogP contribution in [0.25, 0.3) is 0 Å². The number of nitrogens with zero attached hydrogens (tertiary/aromatic N) is 1. The molecular weight excluding hydrogens is 278 g/mol. The fourth-order valence-corrected chi connectivity index (χ4v) is 3.20. The summed E-state index contributed by atoms with van der Waals surface area (Å²) in [5.74, 6) is -0.944. The van der Waals surface area contributed by atoms with Gasteiger partial charge >= 0.3 is 12.0 Å². The molecule has 1 fully saturated rings. The number of hydrogen-bond acceptors (Lipinski definition) is 4. The number of aryl methyl sites for hydroxylation is 1. The maximum absolute atomic E-state index is 11.9. The molecule has 0 saturated heterocycles. The fraction of sp³-hybridized carbons (Fsp3) is 0.615. The largest absolute Gasteiger partial charge is 0.480 e. The Kier molecular flexibility index (Phi) is 4.59. The summed E-state index contributed by atoms with van der Waals surface area (Å²) in [5, 5.41) is 15.7. The number of rotatable bonds is 4. The van der Waals surface area contributed by atoms with Crippen LogP contribution in [0.3, 0.4) is 0 Å². The molecule has 1 aliphatic rings. The molecule has 1 heterocycles. The number of carbonyl (C=O) groups excluding carboxylic acids is 1. The SMILES string of the molecule is Cc1ncc(CNC(=O)NC2(C(=O)O)CCCCC2)s1. The number of aromatic nitrogens is 1. The lowest BCUT2D eigenvalue weighted by Gasteiger charge is -2.33. The Bertz CT molecular complexity index is 495. The highest BCUT2D eigenvalue weighted by atomic mass is 32.1. The molecule has 1 saturated carbocycles. The van der Waals surface area contributed by atoms with E-state index in [0.717, 1.165) is 29.1 Å². The summed E-state index contributed by atoms with van der Waals surface area (Å²) < 4.78 is 0. The Morgan fingerprint density at radius 1 is 1.40 bits per heavy atom. The van der Waals surface area contributed by atoms with Gasteiger partial charge in [-0.3, -0.25) is 0 Å². The van der Waals surface area contributed by atoms with Crippen LogP contribution in [0.4, 0.5) is 4.79 Å². The van der Waals surface area contributed by atoms with E-state index in [9.17, 15) is 14.7 Å². The Labute approximate surface area is 121 Å². The molecule has 1 aliphatic carbocycles. The van der Waals surface area contributed by atoms with Crippen LogP contribution in [-0.4, -0.2) is 27.6 Å². The van der Waals surface area contributed by atoms with E-state index in [0.29, 0.717) is 19.4 Å². The van der Waals surface area contributed by atoms with E-state index in [1.807, 2.05) is 6.92 Å². The van der Waals surface area contributed by atoms with Gasteiger partial charge < -0.3 is 15.7 Å². The molecule has 0 bridgehead atoms. The molecule has 7 heteroatoms. The number of carboxylic acids is 1. The van der Waals surface area contributed by atoms with Gasteiger partial charge in [0, 0.05) is 11.1 Å². The first-order chi connectivity index (χ1) is 9.52. The molecule has 0 unspecified atom stereocenters. The van der Waals surface area contributed by atoms with Crippen LogP contribution in [0, 0.1) is 6.92 Å². The van der Waals surface area contributed by atoms with E-state index >= 15 is 0 Å². The number of hydrogen-bond donors (Lipinski definition) is 3. The second-order valence-electron chi connectivity index (χ2n) is 5.10. The van der Waals surface area contributed by atoms with Crippen LogP contribution in [0.5, 0.6) is 0 Å². The van der Waals surface area contributed by atoms with Crippen molar-refractivity contribution >= 4 is 23.3 Å². The number of carboxylic acid groups (broad SMARTS) is 1. The van der Waals surface area contributed by atoms with E-state index in [4.69, 9.17) is 0 Å². The molecule has 20 heavy (non-hydrogen) atoms. The molecule has 0 aliphatic heterocycles. The van der Waals surface area contributed by atoms with E-state index in [1.54, 1.807) is 6.20 Å². The van der Waals surface area contributed by atoms with Gasteiger partial charge in [0.1, 0.15) is 5.54 Å². The van der Waals surface area contributed by atoms with Gasteiger partial charge in [0.2, 0.25) is 0 Å².